The van der Waals surface area contributed by atoms with Gasteiger partial charge in [0.05, 0.1) is 0 Å². The molecule has 0 spiro atoms. The molecule has 1 aromatic rings. The molecule has 0 heterocycles. The van der Waals surface area contributed by atoms with Crippen molar-refractivity contribution in [3.8, 4) is 0 Å². The van der Waals surface area contributed by atoms with Crippen LogP contribution in [0.1, 0.15) is 24.5 Å². The fourth-order valence-corrected chi connectivity index (χ4v) is 1.09. The van der Waals surface area contributed by atoms with Gasteiger partial charge in [-0.25, -0.2) is 0 Å². The minimum absolute atomic E-state index is 0.883. The van der Waals surface area contributed by atoms with Crippen molar-refractivity contribution < 1.29 is 0 Å². The van der Waals surface area contributed by atoms with Crippen molar-refractivity contribution in [3.63, 3.8) is 0 Å². The summed E-state index contributed by atoms with van der Waals surface area (Å²) in [6.45, 7) is 8.08. The zero-order valence-corrected chi connectivity index (χ0v) is 7.80. The molecular formula is C12H15. The van der Waals surface area contributed by atoms with Gasteiger partial charge in [-0.3, -0.25) is 0 Å². The van der Waals surface area contributed by atoms with Gasteiger partial charge in [0, 0.05) is 0 Å². The highest BCUT2D eigenvalue weighted by atomic mass is 14.0. The first kappa shape index (κ1) is 9.05. The lowest BCUT2D eigenvalue weighted by molar-refractivity contribution is 1.23. The second-order valence-corrected chi connectivity index (χ2v) is 3.10. The van der Waals surface area contributed by atoms with Crippen LogP contribution in [0.5, 0.6) is 0 Å². The topological polar surface area (TPSA) is 0 Å². The predicted molar refractivity (Wildman–Crippen MR) is 54.8 cm³/mol. The van der Waals surface area contributed by atoms with E-state index >= 15 is 0 Å². The summed E-state index contributed by atoms with van der Waals surface area (Å²) < 4.78 is 0. The molecule has 0 saturated carbocycles. The first-order valence-corrected chi connectivity index (χ1v) is 4.26. The Labute approximate surface area is 74.9 Å². The lowest BCUT2D eigenvalue weighted by Crippen LogP contribution is -1.80. The first-order valence-electron chi connectivity index (χ1n) is 4.26. The average Bonchev–Trinajstić information content (AvgIpc) is 2.09. The maximum Gasteiger partial charge on any atom is -0.0228 e. The van der Waals surface area contributed by atoms with Crippen molar-refractivity contribution in [2.45, 2.75) is 20.3 Å². The van der Waals surface area contributed by atoms with E-state index in [0.717, 1.165) is 6.42 Å². The van der Waals surface area contributed by atoms with Crippen molar-refractivity contribution in [3.05, 3.63) is 47.9 Å². The minimum Gasteiger partial charge on any atom is -0.0727 e. The molecule has 0 bridgehead atoms. The van der Waals surface area contributed by atoms with Gasteiger partial charge in [-0.1, -0.05) is 35.9 Å². The van der Waals surface area contributed by atoms with Gasteiger partial charge in [0.1, 0.15) is 0 Å². The summed E-state index contributed by atoms with van der Waals surface area (Å²) in [6, 6.07) is 8.39. The van der Waals surface area contributed by atoms with Crippen molar-refractivity contribution in [2.24, 2.45) is 0 Å². The van der Waals surface area contributed by atoms with Gasteiger partial charge >= 0.3 is 0 Å². The molecule has 0 heteroatoms. The zero-order valence-electron chi connectivity index (χ0n) is 7.80. The molecule has 63 valence electrons. The summed E-state index contributed by atoms with van der Waals surface area (Å²) in [6.07, 6.45) is 3.08. The van der Waals surface area contributed by atoms with Crippen molar-refractivity contribution >= 4 is 6.08 Å². The Bertz CT molecular complexity index is 282. The molecule has 0 fully saturated rings. The highest BCUT2D eigenvalue weighted by Gasteiger charge is 1.92. The first-order chi connectivity index (χ1) is 5.74. The molecule has 0 aliphatic carbocycles. The molecule has 12 heavy (non-hydrogen) atoms. The van der Waals surface area contributed by atoms with Crippen LogP contribution in [0.25, 0.3) is 6.08 Å². The summed E-state index contributed by atoms with van der Waals surface area (Å²) >= 11 is 0. The van der Waals surface area contributed by atoms with Gasteiger partial charge in [-0.05, 0) is 38.3 Å². The van der Waals surface area contributed by atoms with E-state index in [9.17, 15) is 0 Å². The summed E-state index contributed by atoms with van der Waals surface area (Å²) in [5.74, 6) is 0. The highest BCUT2D eigenvalue weighted by molar-refractivity contribution is 5.55. The smallest absolute Gasteiger partial charge is 0.0228 e. The average molecular weight is 159 g/mol. The Morgan fingerprint density at radius 1 is 1.42 bits per heavy atom. The molecule has 1 rings (SSSR count). The maximum absolute atomic E-state index is 3.84. The molecule has 0 saturated heterocycles. The lowest BCUT2D eigenvalue weighted by Gasteiger charge is -2.00. The normalized spacial score (nSPS) is 11.8. The van der Waals surface area contributed by atoms with Crippen LogP contribution in [0.2, 0.25) is 0 Å². The van der Waals surface area contributed by atoms with E-state index in [1.165, 1.54) is 16.7 Å². The van der Waals surface area contributed by atoms with Crippen molar-refractivity contribution in [1.82, 2.24) is 0 Å². The fourth-order valence-electron chi connectivity index (χ4n) is 1.09. The Hall–Kier alpha value is -1.04. The van der Waals surface area contributed by atoms with Crippen LogP contribution in [-0.2, 0) is 0 Å². The molecule has 1 radical (unpaired) electrons. The van der Waals surface area contributed by atoms with Crippen molar-refractivity contribution in [1.29, 1.82) is 0 Å². The monoisotopic (exact) mass is 159 g/mol. The van der Waals surface area contributed by atoms with E-state index in [4.69, 9.17) is 0 Å². The van der Waals surface area contributed by atoms with Gasteiger partial charge in [0.25, 0.3) is 0 Å². The molecule has 1 aromatic carbocycles. The second kappa shape index (κ2) is 4.10. The van der Waals surface area contributed by atoms with Crippen LogP contribution in [0.3, 0.4) is 0 Å². The molecule has 0 N–H and O–H groups in total. The Balaban J connectivity index is 2.96. The number of hydrogen-bond donors (Lipinski definition) is 0. The highest BCUT2D eigenvalue weighted by Crippen LogP contribution is 2.12. The minimum atomic E-state index is 0.883. The molecular weight excluding hydrogens is 144 g/mol. The molecule has 0 unspecified atom stereocenters. The van der Waals surface area contributed by atoms with Gasteiger partial charge in [-0.2, -0.15) is 0 Å². The maximum atomic E-state index is 3.84. The number of hydrogen-bond acceptors (Lipinski definition) is 0. The third-order valence-corrected chi connectivity index (χ3v) is 1.98. The SMILES string of the molecule is [CH2]CC(C)=Cc1ccccc1C. The van der Waals surface area contributed by atoms with Gasteiger partial charge in [0.15, 0.2) is 0 Å². The molecule has 0 aliphatic heterocycles. The number of rotatable bonds is 2. The van der Waals surface area contributed by atoms with Crippen LogP contribution in [-0.4, -0.2) is 0 Å². The van der Waals surface area contributed by atoms with Crippen LogP contribution in [0.4, 0.5) is 0 Å². The molecule has 0 aliphatic rings. The van der Waals surface area contributed by atoms with E-state index in [-0.39, 0.29) is 0 Å². The number of allylic oxidation sites excluding steroid dienone is 1. The summed E-state index contributed by atoms with van der Waals surface area (Å²) in [5, 5.41) is 0. The van der Waals surface area contributed by atoms with Crippen LogP contribution in [0.15, 0.2) is 29.8 Å². The Kier molecular flexibility index (Phi) is 3.09. The van der Waals surface area contributed by atoms with Gasteiger partial charge in [0.2, 0.25) is 0 Å². The van der Waals surface area contributed by atoms with Crippen molar-refractivity contribution in [2.75, 3.05) is 0 Å². The third-order valence-electron chi connectivity index (χ3n) is 1.98. The van der Waals surface area contributed by atoms with E-state index < -0.39 is 0 Å². The number of aryl methyl sites for hydroxylation is 1. The standard InChI is InChI=1S/C12H15/c1-4-10(2)9-12-8-6-5-7-11(12)3/h5-9H,1,4H2,2-3H3. The zero-order chi connectivity index (χ0) is 8.97. The van der Waals surface area contributed by atoms with Crippen LogP contribution in [0, 0.1) is 13.8 Å². The van der Waals surface area contributed by atoms with E-state index in [1.807, 2.05) is 0 Å². The van der Waals surface area contributed by atoms with Crippen LogP contribution < -0.4 is 0 Å². The summed E-state index contributed by atoms with van der Waals surface area (Å²) in [5.41, 5.74) is 3.95. The molecule has 0 aromatic heterocycles. The lowest BCUT2D eigenvalue weighted by atomic mass is 10.1. The van der Waals surface area contributed by atoms with E-state index in [1.54, 1.807) is 0 Å². The molecule has 0 amide bonds. The second-order valence-electron chi connectivity index (χ2n) is 3.10. The van der Waals surface area contributed by atoms with Gasteiger partial charge in [-0.15, -0.1) is 0 Å². The Morgan fingerprint density at radius 2 is 2.08 bits per heavy atom. The molecule has 0 atom stereocenters. The van der Waals surface area contributed by atoms with E-state index in [2.05, 4.69) is 51.1 Å². The fraction of sp³-hybridized carbons (Fsp3) is 0.250. The largest absolute Gasteiger partial charge is 0.0727 e. The molecule has 0 nitrogen and oxygen atoms in total. The van der Waals surface area contributed by atoms with E-state index in [0.29, 0.717) is 0 Å². The quantitative estimate of drug-likeness (QED) is 0.618. The van der Waals surface area contributed by atoms with Gasteiger partial charge < -0.3 is 0 Å². The summed E-state index contributed by atoms with van der Waals surface area (Å²) in [7, 11) is 0. The number of benzene rings is 1. The third kappa shape index (κ3) is 2.23. The predicted octanol–water partition coefficient (Wildman–Crippen LogP) is 3.62. The van der Waals surface area contributed by atoms with Crippen LogP contribution >= 0.6 is 0 Å². The Morgan fingerprint density at radius 3 is 2.67 bits per heavy atom. The summed E-state index contributed by atoms with van der Waals surface area (Å²) in [4.78, 5) is 0.